The van der Waals surface area contributed by atoms with Gasteiger partial charge in [0.1, 0.15) is 5.82 Å². The van der Waals surface area contributed by atoms with Crippen molar-refractivity contribution in [3.63, 3.8) is 0 Å². The van der Waals surface area contributed by atoms with Crippen LogP contribution in [0.3, 0.4) is 0 Å². The number of amides is 1. The molecule has 68 valence electrons. The van der Waals surface area contributed by atoms with Crippen molar-refractivity contribution in [2.75, 3.05) is 0 Å². The van der Waals surface area contributed by atoms with Crippen LogP contribution in [0.1, 0.15) is 5.56 Å². The molecule has 0 aliphatic carbocycles. The molecule has 0 aliphatic heterocycles. The van der Waals surface area contributed by atoms with Crippen molar-refractivity contribution in [3.8, 4) is 0 Å². The third-order valence-electron chi connectivity index (χ3n) is 1.38. The molecule has 0 aliphatic rings. The van der Waals surface area contributed by atoms with Gasteiger partial charge in [0.05, 0.1) is 5.02 Å². The number of carbonyl (C=O) groups excluding carboxylic acids is 1. The summed E-state index contributed by atoms with van der Waals surface area (Å²) >= 11 is 5.45. The third kappa shape index (κ3) is 2.87. The van der Waals surface area contributed by atoms with E-state index in [1.54, 1.807) is 6.07 Å². The lowest BCUT2D eigenvalue weighted by Crippen LogP contribution is -2.05. The fourth-order valence-electron chi connectivity index (χ4n) is 0.794. The third-order valence-corrected chi connectivity index (χ3v) is 1.69. The topological polar surface area (TPSA) is 43.1 Å². The van der Waals surface area contributed by atoms with Crippen LogP contribution >= 0.6 is 11.6 Å². The first-order valence-corrected chi connectivity index (χ1v) is 3.90. The molecule has 1 amide bonds. The van der Waals surface area contributed by atoms with Gasteiger partial charge >= 0.3 is 0 Å². The largest absolute Gasteiger partial charge is 0.366 e. The van der Waals surface area contributed by atoms with Gasteiger partial charge in [-0.1, -0.05) is 17.7 Å². The lowest BCUT2D eigenvalue weighted by atomic mass is 10.2. The number of benzene rings is 1. The number of nitrogens with two attached hydrogens (primary N) is 1. The van der Waals surface area contributed by atoms with E-state index in [1.807, 2.05) is 0 Å². The maximum absolute atomic E-state index is 12.8. The lowest BCUT2D eigenvalue weighted by molar-refractivity contribution is -0.113. The van der Waals surface area contributed by atoms with Crippen LogP contribution in [0.5, 0.6) is 0 Å². The van der Waals surface area contributed by atoms with Crippen molar-refractivity contribution in [3.05, 3.63) is 40.7 Å². The Balaban J connectivity index is 2.92. The minimum atomic E-state index is -0.574. The predicted molar refractivity (Wildman–Crippen MR) is 49.6 cm³/mol. The normalized spacial score (nSPS) is 10.6. The number of halogens is 2. The monoisotopic (exact) mass is 199 g/mol. The van der Waals surface area contributed by atoms with Crippen molar-refractivity contribution in [2.45, 2.75) is 0 Å². The lowest BCUT2D eigenvalue weighted by Gasteiger charge is -1.95. The molecule has 0 saturated heterocycles. The van der Waals surface area contributed by atoms with Crippen LogP contribution in [0.2, 0.25) is 5.02 Å². The summed E-state index contributed by atoms with van der Waals surface area (Å²) in [5.41, 5.74) is 5.41. The zero-order valence-electron chi connectivity index (χ0n) is 6.63. The summed E-state index contributed by atoms with van der Waals surface area (Å²) < 4.78 is 12.8. The number of carbonyl (C=O) groups is 1. The van der Waals surface area contributed by atoms with Gasteiger partial charge in [0.15, 0.2) is 0 Å². The first-order valence-electron chi connectivity index (χ1n) is 3.52. The second kappa shape index (κ2) is 4.05. The molecule has 2 nitrogen and oxygen atoms in total. The van der Waals surface area contributed by atoms with E-state index in [0.29, 0.717) is 5.56 Å². The molecule has 2 N–H and O–H groups in total. The van der Waals surface area contributed by atoms with Gasteiger partial charge in [0, 0.05) is 6.08 Å². The van der Waals surface area contributed by atoms with Gasteiger partial charge in [-0.25, -0.2) is 4.39 Å². The first kappa shape index (κ1) is 9.74. The Morgan fingerprint density at radius 3 is 2.77 bits per heavy atom. The van der Waals surface area contributed by atoms with Crippen LogP contribution in [-0.2, 0) is 4.79 Å². The molecule has 0 radical (unpaired) electrons. The Labute approximate surface area is 79.8 Å². The van der Waals surface area contributed by atoms with Crippen molar-refractivity contribution in [2.24, 2.45) is 5.73 Å². The highest BCUT2D eigenvalue weighted by molar-refractivity contribution is 6.30. The van der Waals surface area contributed by atoms with Crippen LogP contribution in [0, 0.1) is 5.82 Å². The standard InChI is InChI=1S/C9H7ClFNO/c10-7-3-1-6(5-8(7)11)2-4-9(12)13/h1-5H,(H2,12,13)/b4-2+. The Morgan fingerprint density at radius 1 is 1.54 bits per heavy atom. The molecule has 0 unspecified atom stereocenters. The molecule has 0 heterocycles. The zero-order chi connectivity index (χ0) is 9.84. The highest BCUT2D eigenvalue weighted by Crippen LogP contribution is 2.16. The maximum Gasteiger partial charge on any atom is 0.241 e. The van der Waals surface area contributed by atoms with Gasteiger partial charge in [0.25, 0.3) is 0 Å². The summed E-state index contributed by atoms with van der Waals surface area (Å²) in [6.45, 7) is 0. The van der Waals surface area contributed by atoms with E-state index in [0.717, 1.165) is 6.08 Å². The minimum Gasteiger partial charge on any atom is -0.366 e. The SMILES string of the molecule is NC(=O)/C=C/c1ccc(Cl)c(F)c1. The summed E-state index contributed by atoms with van der Waals surface area (Å²) in [7, 11) is 0. The van der Waals surface area contributed by atoms with Crippen molar-refractivity contribution >= 4 is 23.6 Å². The maximum atomic E-state index is 12.8. The molecule has 1 aromatic rings. The van der Waals surface area contributed by atoms with E-state index in [9.17, 15) is 9.18 Å². The zero-order valence-corrected chi connectivity index (χ0v) is 7.38. The van der Waals surface area contributed by atoms with Gasteiger partial charge in [-0.05, 0) is 23.8 Å². The highest BCUT2D eigenvalue weighted by atomic mass is 35.5. The van der Waals surface area contributed by atoms with Crippen LogP contribution in [0.25, 0.3) is 6.08 Å². The Kier molecular flexibility index (Phi) is 3.03. The van der Waals surface area contributed by atoms with E-state index in [1.165, 1.54) is 18.2 Å². The molecule has 1 aromatic carbocycles. The molecule has 0 atom stereocenters. The van der Waals surface area contributed by atoms with E-state index in [4.69, 9.17) is 17.3 Å². The summed E-state index contributed by atoms with van der Waals surface area (Å²) in [6, 6.07) is 4.23. The molecule has 4 heteroatoms. The van der Waals surface area contributed by atoms with Crippen LogP contribution in [0.15, 0.2) is 24.3 Å². The van der Waals surface area contributed by atoms with Gasteiger partial charge in [-0.3, -0.25) is 4.79 Å². The fourth-order valence-corrected chi connectivity index (χ4v) is 0.912. The molecule has 13 heavy (non-hydrogen) atoms. The van der Waals surface area contributed by atoms with Crippen LogP contribution in [-0.4, -0.2) is 5.91 Å². The van der Waals surface area contributed by atoms with Gasteiger partial charge < -0.3 is 5.73 Å². The average molecular weight is 200 g/mol. The number of rotatable bonds is 2. The number of hydrogen-bond acceptors (Lipinski definition) is 1. The second-order valence-corrected chi connectivity index (χ2v) is 2.82. The van der Waals surface area contributed by atoms with Crippen molar-refractivity contribution < 1.29 is 9.18 Å². The molecular weight excluding hydrogens is 193 g/mol. The molecule has 1 rings (SSSR count). The Morgan fingerprint density at radius 2 is 2.23 bits per heavy atom. The summed E-state index contributed by atoms with van der Waals surface area (Å²) in [5.74, 6) is -1.09. The highest BCUT2D eigenvalue weighted by Gasteiger charge is 1.98. The van der Waals surface area contributed by atoms with E-state index in [-0.39, 0.29) is 5.02 Å². The van der Waals surface area contributed by atoms with E-state index in [2.05, 4.69) is 0 Å². The van der Waals surface area contributed by atoms with Crippen molar-refractivity contribution in [1.29, 1.82) is 0 Å². The first-order chi connectivity index (χ1) is 6.09. The van der Waals surface area contributed by atoms with Crippen LogP contribution in [0.4, 0.5) is 4.39 Å². The molecule has 0 spiro atoms. The van der Waals surface area contributed by atoms with E-state index >= 15 is 0 Å². The second-order valence-electron chi connectivity index (χ2n) is 2.41. The van der Waals surface area contributed by atoms with Gasteiger partial charge in [-0.15, -0.1) is 0 Å². The van der Waals surface area contributed by atoms with Crippen LogP contribution < -0.4 is 5.73 Å². The molecule has 0 aromatic heterocycles. The number of hydrogen-bond donors (Lipinski definition) is 1. The molecule has 0 bridgehead atoms. The minimum absolute atomic E-state index is 0.0521. The quantitative estimate of drug-likeness (QED) is 0.728. The molecule has 0 saturated carbocycles. The number of primary amides is 1. The smallest absolute Gasteiger partial charge is 0.241 e. The summed E-state index contributed by atoms with van der Waals surface area (Å²) in [5, 5.41) is 0.0521. The van der Waals surface area contributed by atoms with E-state index < -0.39 is 11.7 Å². The fraction of sp³-hybridized carbons (Fsp3) is 0. The summed E-state index contributed by atoms with van der Waals surface area (Å²) in [4.78, 5) is 10.3. The summed E-state index contributed by atoms with van der Waals surface area (Å²) in [6.07, 6.45) is 2.57. The van der Waals surface area contributed by atoms with Gasteiger partial charge in [-0.2, -0.15) is 0 Å². The molecular formula is C9H7ClFNO. The molecule has 0 fully saturated rings. The Hall–Kier alpha value is -1.35. The predicted octanol–water partition coefficient (Wildman–Crippen LogP) is 1.98. The van der Waals surface area contributed by atoms with Crippen molar-refractivity contribution in [1.82, 2.24) is 0 Å². The Bertz CT molecular complexity index is 363. The average Bonchev–Trinajstić information content (AvgIpc) is 2.07. The van der Waals surface area contributed by atoms with Gasteiger partial charge in [0.2, 0.25) is 5.91 Å².